The highest BCUT2D eigenvalue weighted by molar-refractivity contribution is 7.86. The molecule has 0 saturated heterocycles. The molecule has 0 amide bonds. The molecule has 0 radical (unpaired) electrons. The fraction of sp³-hybridized carbons (Fsp3) is 0.0192. The van der Waals surface area contributed by atoms with Crippen LogP contribution >= 0.6 is 0 Å². The predicted octanol–water partition coefficient (Wildman–Crippen LogP) is 5.17. The number of carboxylic acids is 1. The molecule has 0 saturated carbocycles. The minimum absolute atomic E-state index is 0.0234. The van der Waals surface area contributed by atoms with Crippen molar-refractivity contribution >= 4 is 64.3 Å². The number of aromatic carboxylic acids is 1. The molecule has 0 atom stereocenters. The lowest BCUT2D eigenvalue weighted by Crippen LogP contribution is -2.31. The third-order valence-corrected chi connectivity index (χ3v) is 15.0. The maximum atomic E-state index is 12.3. The maximum Gasteiger partial charge on any atom is 0.335 e. The summed E-state index contributed by atoms with van der Waals surface area (Å²) in [6, 6.07) is 43.4. The molecule has 0 aliphatic carbocycles. The second kappa shape index (κ2) is 18.2. The number of hydrogen-bond donors (Lipinski definition) is 7. The van der Waals surface area contributed by atoms with Gasteiger partial charge in [-0.3, -0.25) is 23.8 Å². The van der Waals surface area contributed by atoms with E-state index in [1.165, 1.54) is 97.1 Å². The number of nitrogens with zero attached hydrogens (tertiary/aromatic N) is 2. The molecule has 5 heterocycles. The van der Waals surface area contributed by atoms with E-state index in [1.807, 2.05) is 22.8 Å². The van der Waals surface area contributed by atoms with E-state index in [-0.39, 0.29) is 32.5 Å². The molecular formula is C52H37N5O13S3. The highest BCUT2D eigenvalue weighted by Gasteiger charge is 2.22. The number of nitro benzene ring substituents is 1. The number of nitrogens with one attached hydrogen (secondary N) is 3. The van der Waals surface area contributed by atoms with E-state index in [4.69, 9.17) is 0 Å². The number of carboxylic acid groups (broad SMARTS) is 1. The Balaban J connectivity index is 1.37. The lowest BCUT2D eigenvalue weighted by Gasteiger charge is -2.15. The normalized spacial score (nSPS) is 13.1. The average molecular weight is 1040 g/mol. The van der Waals surface area contributed by atoms with Gasteiger partial charge in [0.05, 0.1) is 35.9 Å². The maximum absolute atomic E-state index is 12.3. The van der Waals surface area contributed by atoms with E-state index in [1.54, 1.807) is 54.6 Å². The molecule has 4 aromatic heterocycles. The van der Waals surface area contributed by atoms with Crippen molar-refractivity contribution in [3.05, 3.63) is 258 Å². The molecule has 7 N–H and O–H groups in total. The summed E-state index contributed by atoms with van der Waals surface area (Å²) in [7, 11) is -13.8. The zero-order chi connectivity index (χ0) is 51.6. The van der Waals surface area contributed by atoms with Gasteiger partial charge in [-0.15, -0.1) is 0 Å². The topological polar surface area (TPSA) is 296 Å². The van der Waals surface area contributed by atoms with Crippen LogP contribution in [0.25, 0.3) is 22.3 Å². The van der Waals surface area contributed by atoms with Gasteiger partial charge in [0.2, 0.25) is 0 Å². The first-order chi connectivity index (χ1) is 34.7. The molecule has 10 rings (SSSR count). The molecular weight excluding hydrogens is 999 g/mol. The van der Waals surface area contributed by atoms with E-state index >= 15 is 0 Å². The Morgan fingerprint density at radius 3 is 1.14 bits per heavy atom. The summed E-state index contributed by atoms with van der Waals surface area (Å²) in [5.74, 6) is -1.15. The molecule has 5 aromatic carbocycles. The fourth-order valence-electron chi connectivity index (χ4n) is 9.00. The minimum atomic E-state index is -4.62. The van der Waals surface area contributed by atoms with Crippen molar-refractivity contribution in [3.8, 4) is 0 Å². The first-order valence-corrected chi connectivity index (χ1v) is 26.1. The van der Waals surface area contributed by atoms with Crippen LogP contribution in [0.4, 0.5) is 5.69 Å². The molecule has 366 valence electrons. The van der Waals surface area contributed by atoms with Crippen LogP contribution in [-0.4, -0.2) is 74.4 Å². The zero-order valence-corrected chi connectivity index (χ0v) is 39.9. The number of hydrogen-bond acceptors (Lipinski definition) is 9. The fourth-order valence-corrected chi connectivity index (χ4v) is 10.4. The summed E-state index contributed by atoms with van der Waals surface area (Å²) in [5, 5.41) is 23.8. The van der Waals surface area contributed by atoms with E-state index in [2.05, 4.69) is 15.0 Å². The van der Waals surface area contributed by atoms with Crippen LogP contribution in [0.5, 0.6) is 0 Å². The molecule has 0 unspecified atom stereocenters. The van der Waals surface area contributed by atoms with Crippen molar-refractivity contribution in [3.63, 3.8) is 0 Å². The van der Waals surface area contributed by atoms with Gasteiger partial charge in [-0.05, 0) is 125 Å². The Labute approximate surface area is 414 Å². The summed E-state index contributed by atoms with van der Waals surface area (Å²) >= 11 is 0. The highest BCUT2D eigenvalue weighted by atomic mass is 32.2. The zero-order valence-electron chi connectivity index (χ0n) is 37.5. The molecule has 1 aliphatic rings. The standard InChI is InChI=1S/C52H37N5O13S3/c58-52(59)35-5-3-33(4-6-35)50-44-25-23-42(54-44)48(31-7-15-37(16-8-31)71(62,63)64)40-21-22-41(53-40)49(32-9-17-38(18-10-32)72(65,66)67)43-24-26-45(55-43)51(34-11-19-39(20-12-34)73(68,69)70)47-28-27-46(50)56(47)29-30-1-13-36(14-2-30)57(60)61/h1-28,53-55H,29H2,(H,58,59)(H,62,63,64)(H,65,66,67)(H,68,69,70). The Morgan fingerprint density at radius 1 is 0.452 bits per heavy atom. The number of carbonyl (C=O) groups is 1. The van der Waals surface area contributed by atoms with E-state index in [0.717, 1.165) is 0 Å². The van der Waals surface area contributed by atoms with Gasteiger partial charge in [0.1, 0.15) is 0 Å². The van der Waals surface area contributed by atoms with Gasteiger partial charge in [-0.25, -0.2) is 4.79 Å². The molecule has 18 nitrogen and oxygen atoms in total. The number of non-ortho nitro benzene ring substituents is 1. The van der Waals surface area contributed by atoms with Crippen LogP contribution in [0.3, 0.4) is 0 Å². The first kappa shape index (κ1) is 48.0. The quantitative estimate of drug-likeness (QED) is 0.0501. The molecule has 1 aliphatic heterocycles. The van der Waals surface area contributed by atoms with Crippen LogP contribution in [0.1, 0.15) is 61.0 Å². The number of aromatic amines is 3. The van der Waals surface area contributed by atoms with Crippen LogP contribution in [0.2, 0.25) is 0 Å². The van der Waals surface area contributed by atoms with Gasteiger partial charge in [-0.1, -0.05) is 60.7 Å². The van der Waals surface area contributed by atoms with Crippen LogP contribution in [0, 0.1) is 10.1 Å². The lowest BCUT2D eigenvalue weighted by atomic mass is 10.0. The van der Waals surface area contributed by atoms with Gasteiger partial charge in [0.15, 0.2) is 0 Å². The van der Waals surface area contributed by atoms with Crippen molar-refractivity contribution in [2.75, 3.05) is 0 Å². The predicted molar refractivity (Wildman–Crippen MR) is 266 cm³/mol. The number of nitro groups is 1. The number of rotatable bonds is 11. The average Bonchev–Trinajstić information content (AvgIpc) is 4.20. The lowest BCUT2D eigenvalue weighted by molar-refractivity contribution is -0.384. The molecule has 21 heteroatoms. The van der Waals surface area contributed by atoms with Crippen molar-refractivity contribution in [2.45, 2.75) is 21.2 Å². The largest absolute Gasteiger partial charge is 0.478 e. The van der Waals surface area contributed by atoms with Crippen LogP contribution in [0.15, 0.2) is 185 Å². The Bertz CT molecular complexity index is 4330. The van der Waals surface area contributed by atoms with Crippen molar-refractivity contribution in [1.82, 2.24) is 19.5 Å². The summed E-state index contributed by atoms with van der Waals surface area (Å²) < 4.78 is 105. The van der Waals surface area contributed by atoms with Crippen LogP contribution in [-0.2, 0) is 36.9 Å². The van der Waals surface area contributed by atoms with Crippen molar-refractivity contribution in [1.29, 1.82) is 0 Å². The second-order valence-electron chi connectivity index (χ2n) is 16.9. The highest BCUT2D eigenvalue weighted by Crippen LogP contribution is 2.30. The summed E-state index contributed by atoms with van der Waals surface area (Å²) in [5.41, 5.74) is 6.69. The van der Waals surface area contributed by atoms with Crippen molar-refractivity contribution in [2.24, 2.45) is 0 Å². The second-order valence-corrected chi connectivity index (χ2v) is 21.1. The molecule has 0 spiro atoms. The smallest absolute Gasteiger partial charge is 0.335 e. The van der Waals surface area contributed by atoms with E-state index in [0.29, 0.717) is 94.3 Å². The van der Waals surface area contributed by atoms with Crippen molar-refractivity contribution < 1.29 is 53.7 Å². The Morgan fingerprint density at radius 2 is 0.795 bits per heavy atom. The van der Waals surface area contributed by atoms with Crippen LogP contribution < -0.4 is 21.4 Å². The first-order valence-electron chi connectivity index (χ1n) is 21.8. The molecule has 9 aromatic rings. The number of fused-ring (bicyclic) bond motifs is 8. The number of H-pyrrole nitrogens is 3. The summed E-state index contributed by atoms with van der Waals surface area (Å²) in [4.78, 5) is 32.9. The third kappa shape index (κ3) is 9.37. The summed E-state index contributed by atoms with van der Waals surface area (Å²) in [6.45, 7) is 0.0821. The summed E-state index contributed by atoms with van der Waals surface area (Å²) in [6.07, 6.45) is 0. The Kier molecular flexibility index (Phi) is 11.9. The van der Waals surface area contributed by atoms with Gasteiger partial charge < -0.3 is 24.6 Å². The Hall–Kier alpha value is -8.70. The van der Waals surface area contributed by atoms with E-state index in [9.17, 15) is 58.9 Å². The van der Waals surface area contributed by atoms with Gasteiger partial charge >= 0.3 is 5.97 Å². The van der Waals surface area contributed by atoms with Gasteiger partial charge in [-0.2, -0.15) is 25.3 Å². The third-order valence-electron chi connectivity index (χ3n) is 12.4. The molecule has 0 fully saturated rings. The van der Waals surface area contributed by atoms with Gasteiger partial charge in [0.25, 0.3) is 36.0 Å². The monoisotopic (exact) mass is 1040 g/mol. The van der Waals surface area contributed by atoms with E-state index < -0.39 is 41.2 Å². The number of aromatic nitrogens is 4. The molecule has 73 heavy (non-hydrogen) atoms. The minimum Gasteiger partial charge on any atom is -0.478 e. The number of benzene rings is 5. The molecule has 8 bridgehead atoms. The SMILES string of the molecule is O=C(O)c1ccc(C2=c3ccc(n3Cc3ccc([N+](=O)[O-])cc3)=C(c3ccc(S(=O)(=O)O)cc3)c3ccc([nH]3)C(c3ccc(S(=O)(=O)O)cc3)=c3ccc([nH]3)=C(c3ccc(S(=O)(=O)O)cc3)c3ccc2[nH]3)cc1. The van der Waals surface area contributed by atoms with Gasteiger partial charge in [0, 0.05) is 74.4 Å².